The van der Waals surface area contributed by atoms with Crippen LogP contribution in [0.4, 0.5) is 4.79 Å². The first-order valence-electron chi connectivity index (χ1n) is 6.35. The standard InChI is InChI=1S/C13H17NO4S/c1-2-18-12(15)10-7-11(19-8-10)9-3-5-14(6-4-9)13(16)17/h7-9H,2-6H2,1H3,(H,16,17). The number of amides is 1. The Kier molecular flexibility index (Phi) is 4.42. The van der Waals surface area contributed by atoms with Crippen molar-refractivity contribution in [2.24, 2.45) is 0 Å². The molecular weight excluding hydrogens is 266 g/mol. The van der Waals surface area contributed by atoms with E-state index in [1.165, 1.54) is 4.90 Å². The molecule has 2 heterocycles. The van der Waals surface area contributed by atoms with Crippen molar-refractivity contribution in [1.29, 1.82) is 0 Å². The van der Waals surface area contributed by atoms with Crippen molar-refractivity contribution in [2.45, 2.75) is 25.7 Å². The highest BCUT2D eigenvalue weighted by atomic mass is 32.1. The zero-order valence-electron chi connectivity index (χ0n) is 10.8. The maximum atomic E-state index is 11.6. The summed E-state index contributed by atoms with van der Waals surface area (Å²) in [5.41, 5.74) is 0.600. The second-order valence-corrected chi connectivity index (χ2v) is 5.44. The lowest BCUT2D eigenvalue weighted by molar-refractivity contribution is 0.0527. The number of carbonyl (C=O) groups is 2. The van der Waals surface area contributed by atoms with Crippen LogP contribution in [-0.4, -0.2) is 41.8 Å². The molecule has 0 spiro atoms. The smallest absolute Gasteiger partial charge is 0.407 e. The molecule has 0 radical (unpaired) electrons. The van der Waals surface area contributed by atoms with Crippen LogP contribution in [-0.2, 0) is 4.74 Å². The van der Waals surface area contributed by atoms with Crippen LogP contribution in [0.25, 0.3) is 0 Å². The Morgan fingerprint density at radius 3 is 2.74 bits per heavy atom. The molecule has 0 atom stereocenters. The van der Waals surface area contributed by atoms with Gasteiger partial charge in [-0.15, -0.1) is 11.3 Å². The van der Waals surface area contributed by atoms with Crippen LogP contribution >= 0.6 is 11.3 Å². The molecule has 19 heavy (non-hydrogen) atoms. The lowest BCUT2D eigenvalue weighted by Crippen LogP contribution is -2.36. The first kappa shape index (κ1) is 13.9. The lowest BCUT2D eigenvalue weighted by atomic mass is 9.95. The largest absolute Gasteiger partial charge is 0.465 e. The summed E-state index contributed by atoms with van der Waals surface area (Å²) in [7, 11) is 0. The Labute approximate surface area is 115 Å². The molecule has 0 unspecified atom stereocenters. The molecule has 0 aromatic carbocycles. The number of esters is 1. The summed E-state index contributed by atoms with van der Waals surface area (Å²) in [6.45, 7) is 3.28. The van der Waals surface area contributed by atoms with Gasteiger partial charge in [0, 0.05) is 23.3 Å². The molecule has 0 bridgehead atoms. The van der Waals surface area contributed by atoms with E-state index in [9.17, 15) is 9.59 Å². The molecule has 1 saturated heterocycles. The molecule has 1 fully saturated rings. The summed E-state index contributed by atoms with van der Waals surface area (Å²) < 4.78 is 4.96. The van der Waals surface area contributed by atoms with E-state index in [1.807, 2.05) is 11.4 Å². The molecule has 1 N–H and O–H groups in total. The van der Waals surface area contributed by atoms with Gasteiger partial charge in [0.25, 0.3) is 0 Å². The third kappa shape index (κ3) is 3.26. The molecular formula is C13H17NO4S. The monoisotopic (exact) mass is 283 g/mol. The average molecular weight is 283 g/mol. The van der Waals surface area contributed by atoms with Crippen LogP contribution in [0.1, 0.15) is 40.9 Å². The van der Waals surface area contributed by atoms with Gasteiger partial charge in [-0.2, -0.15) is 0 Å². The molecule has 1 aliphatic heterocycles. The molecule has 0 saturated carbocycles. The molecule has 1 aromatic heterocycles. The van der Waals surface area contributed by atoms with E-state index in [-0.39, 0.29) is 5.97 Å². The second kappa shape index (κ2) is 6.06. The first-order chi connectivity index (χ1) is 9.11. The number of nitrogens with zero attached hydrogens (tertiary/aromatic N) is 1. The Balaban J connectivity index is 1.97. The van der Waals surface area contributed by atoms with E-state index >= 15 is 0 Å². The van der Waals surface area contributed by atoms with E-state index < -0.39 is 6.09 Å². The number of piperidine rings is 1. The van der Waals surface area contributed by atoms with Gasteiger partial charge in [0.15, 0.2) is 0 Å². The maximum Gasteiger partial charge on any atom is 0.407 e. The molecule has 1 aliphatic rings. The van der Waals surface area contributed by atoms with Crippen molar-refractivity contribution >= 4 is 23.4 Å². The Bertz CT molecular complexity index is 463. The zero-order valence-corrected chi connectivity index (χ0v) is 11.6. The second-order valence-electron chi connectivity index (χ2n) is 4.50. The van der Waals surface area contributed by atoms with Gasteiger partial charge in [-0.05, 0) is 31.7 Å². The normalized spacial score (nSPS) is 16.4. The van der Waals surface area contributed by atoms with Crippen molar-refractivity contribution in [2.75, 3.05) is 19.7 Å². The predicted molar refractivity (Wildman–Crippen MR) is 71.8 cm³/mol. The third-order valence-corrected chi connectivity index (χ3v) is 4.39. The third-order valence-electron chi connectivity index (χ3n) is 3.30. The highest BCUT2D eigenvalue weighted by molar-refractivity contribution is 7.10. The SMILES string of the molecule is CCOC(=O)c1csc(C2CCN(C(=O)O)CC2)c1. The van der Waals surface area contributed by atoms with Crippen LogP contribution in [0.3, 0.4) is 0 Å². The van der Waals surface area contributed by atoms with Gasteiger partial charge < -0.3 is 14.7 Å². The Morgan fingerprint density at radius 1 is 1.47 bits per heavy atom. The molecule has 1 aromatic rings. The van der Waals surface area contributed by atoms with Crippen LogP contribution in [0.5, 0.6) is 0 Å². The van der Waals surface area contributed by atoms with Gasteiger partial charge in [-0.3, -0.25) is 0 Å². The average Bonchev–Trinajstić information content (AvgIpc) is 2.89. The van der Waals surface area contributed by atoms with Crippen LogP contribution in [0.2, 0.25) is 0 Å². The van der Waals surface area contributed by atoms with Gasteiger partial charge in [-0.25, -0.2) is 9.59 Å². The van der Waals surface area contributed by atoms with Crippen LogP contribution < -0.4 is 0 Å². The van der Waals surface area contributed by atoms with Crippen molar-refractivity contribution in [3.63, 3.8) is 0 Å². The van der Waals surface area contributed by atoms with Crippen LogP contribution in [0.15, 0.2) is 11.4 Å². The zero-order chi connectivity index (χ0) is 13.8. The van der Waals surface area contributed by atoms with Crippen molar-refractivity contribution in [1.82, 2.24) is 4.90 Å². The van der Waals surface area contributed by atoms with Gasteiger partial charge in [0.05, 0.1) is 12.2 Å². The van der Waals surface area contributed by atoms with Crippen LogP contribution in [0, 0.1) is 0 Å². The number of rotatable bonds is 3. The summed E-state index contributed by atoms with van der Waals surface area (Å²) in [6.07, 6.45) is 0.779. The van der Waals surface area contributed by atoms with Gasteiger partial charge >= 0.3 is 12.1 Å². The first-order valence-corrected chi connectivity index (χ1v) is 7.23. The topological polar surface area (TPSA) is 66.8 Å². The molecule has 104 valence electrons. The minimum atomic E-state index is -0.850. The fraction of sp³-hybridized carbons (Fsp3) is 0.538. The van der Waals surface area contributed by atoms with E-state index in [0.29, 0.717) is 31.2 Å². The Morgan fingerprint density at radius 2 is 2.16 bits per heavy atom. The fourth-order valence-electron chi connectivity index (χ4n) is 2.24. The lowest BCUT2D eigenvalue weighted by Gasteiger charge is -2.29. The Hall–Kier alpha value is -1.56. The fourth-order valence-corrected chi connectivity index (χ4v) is 3.29. The minimum Gasteiger partial charge on any atom is -0.465 e. The quantitative estimate of drug-likeness (QED) is 0.866. The van der Waals surface area contributed by atoms with Gasteiger partial charge in [0.1, 0.15) is 0 Å². The minimum absolute atomic E-state index is 0.284. The summed E-state index contributed by atoms with van der Waals surface area (Å²) in [5.74, 6) is 0.0664. The number of ether oxygens (including phenoxy) is 1. The summed E-state index contributed by atoms with van der Waals surface area (Å²) in [6, 6.07) is 1.88. The van der Waals surface area contributed by atoms with E-state index in [0.717, 1.165) is 17.7 Å². The predicted octanol–water partition coefficient (Wildman–Crippen LogP) is 2.78. The van der Waals surface area contributed by atoms with E-state index in [1.54, 1.807) is 18.3 Å². The maximum absolute atomic E-state index is 11.6. The molecule has 2 rings (SSSR count). The van der Waals surface area contributed by atoms with Gasteiger partial charge in [0.2, 0.25) is 0 Å². The number of carboxylic acid groups (broad SMARTS) is 1. The van der Waals surface area contributed by atoms with Crippen molar-refractivity contribution < 1.29 is 19.4 Å². The van der Waals surface area contributed by atoms with Crippen molar-refractivity contribution in [3.8, 4) is 0 Å². The summed E-state index contributed by atoms with van der Waals surface area (Å²) in [4.78, 5) is 25.0. The molecule has 1 amide bonds. The summed E-state index contributed by atoms with van der Waals surface area (Å²) in [5, 5.41) is 10.7. The van der Waals surface area contributed by atoms with E-state index in [4.69, 9.17) is 9.84 Å². The molecule has 6 heteroatoms. The van der Waals surface area contributed by atoms with Crippen molar-refractivity contribution in [3.05, 3.63) is 21.9 Å². The summed E-state index contributed by atoms with van der Waals surface area (Å²) >= 11 is 1.55. The number of hydrogen-bond acceptors (Lipinski definition) is 4. The molecule has 5 nitrogen and oxygen atoms in total. The number of thiophene rings is 1. The van der Waals surface area contributed by atoms with Gasteiger partial charge in [-0.1, -0.05) is 0 Å². The number of hydrogen-bond donors (Lipinski definition) is 1. The highest BCUT2D eigenvalue weighted by Gasteiger charge is 2.25. The molecule has 0 aliphatic carbocycles. The van der Waals surface area contributed by atoms with E-state index in [2.05, 4.69) is 0 Å². The number of likely N-dealkylation sites (tertiary alicyclic amines) is 1. The number of carbonyl (C=O) groups excluding carboxylic acids is 1. The highest BCUT2D eigenvalue weighted by Crippen LogP contribution is 2.32.